The first-order valence-electron chi connectivity index (χ1n) is 17.9. The number of aliphatic carboxylic acids is 1. The van der Waals surface area contributed by atoms with Gasteiger partial charge < -0.3 is 25.9 Å². The number of benzene rings is 3. The highest BCUT2D eigenvalue weighted by atomic mass is 32.2. The highest BCUT2D eigenvalue weighted by Crippen LogP contribution is 2.42. The molecule has 0 spiro atoms. The van der Waals surface area contributed by atoms with Crippen LogP contribution in [0.1, 0.15) is 28.8 Å². The Balaban J connectivity index is 1.10. The maximum absolute atomic E-state index is 14.1. The van der Waals surface area contributed by atoms with Gasteiger partial charge in [-0.25, -0.2) is 14.3 Å². The van der Waals surface area contributed by atoms with E-state index in [-0.39, 0.29) is 23.0 Å². The van der Waals surface area contributed by atoms with Crippen molar-refractivity contribution >= 4 is 57.6 Å². The average Bonchev–Trinajstić information content (AvgIpc) is 3.88. The van der Waals surface area contributed by atoms with Crippen LogP contribution in [0.4, 0.5) is 5.13 Å². The van der Waals surface area contributed by atoms with Crippen molar-refractivity contribution in [1.29, 1.82) is 0 Å². The molecular weight excluding hydrogens is 751 g/mol. The number of nitrogens with one attached hydrogen (secondary N) is 3. The molecule has 13 nitrogen and oxygen atoms in total. The summed E-state index contributed by atoms with van der Waals surface area (Å²) in [7, 11) is 0. The Labute approximate surface area is 330 Å². The number of rotatable bonds is 13. The van der Waals surface area contributed by atoms with Crippen molar-refractivity contribution in [2.75, 3.05) is 17.6 Å². The lowest BCUT2D eigenvalue weighted by molar-refractivity contribution is -0.689. The number of carboxylic acid groups (broad SMARTS) is 1. The third kappa shape index (κ3) is 7.02. The lowest BCUT2D eigenvalue weighted by Crippen LogP contribution is -2.71. The van der Waals surface area contributed by atoms with Crippen molar-refractivity contribution in [3.05, 3.63) is 161 Å². The van der Waals surface area contributed by atoms with Crippen LogP contribution in [0.2, 0.25) is 0 Å². The monoisotopic (exact) mass is 786 g/mol. The molecule has 3 aliphatic heterocycles. The van der Waals surface area contributed by atoms with Gasteiger partial charge in [-0.05, 0) is 16.7 Å². The molecule has 8 rings (SSSR count). The topological polar surface area (TPSA) is 166 Å². The summed E-state index contributed by atoms with van der Waals surface area (Å²) >= 11 is 2.63. The van der Waals surface area contributed by atoms with Crippen molar-refractivity contribution in [3.63, 3.8) is 0 Å². The quantitative estimate of drug-likeness (QED) is 0.0456. The van der Waals surface area contributed by atoms with E-state index in [1.54, 1.807) is 5.38 Å². The van der Waals surface area contributed by atoms with Gasteiger partial charge in [-0.2, -0.15) is 0 Å². The van der Waals surface area contributed by atoms with E-state index in [0.717, 1.165) is 16.7 Å². The van der Waals surface area contributed by atoms with Crippen LogP contribution < -0.4 is 20.5 Å². The number of carbonyl (C=O) groups excluding carboxylic acids is 3. The van der Waals surface area contributed by atoms with Gasteiger partial charge in [-0.1, -0.05) is 102 Å². The Morgan fingerprint density at radius 1 is 0.929 bits per heavy atom. The summed E-state index contributed by atoms with van der Waals surface area (Å²) in [4.78, 5) is 64.3. The zero-order valence-corrected chi connectivity index (χ0v) is 31.4. The van der Waals surface area contributed by atoms with E-state index >= 15 is 0 Å². The molecule has 3 atom stereocenters. The Hall–Kier alpha value is -6.32. The van der Waals surface area contributed by atoms with Gasteiger partial charge in [0.25, 0.3) is 17.7 Å². The molecule has 3 aromatic carbocycles. The number of β-lactam (4-membered cyclic amide) rings is 1. The number of thiazole rings is 1. The molecule has 15 heteroatoms. The highest BCUT2D eigenvalue weighted by molar-refractivity contribution is 8.00. The summed E-state index contributed by atoms with van der Waals surface area (Å²) < 4.78 is 1.84. The van der Waals surface area contributed by atoms with E-state index in [4.69, 9.17) is 9.82 Å². The van der Waals surface area contributed by atoms with E-state index in [0.29, 0.717) is 36.0 Å². The number of carboxylic acids is 1. The van der Waals surface area contributed by atoms with Crippen LogP contribution >= 0.6 is 23.1 Å². The lowest BCUT2D eigenvalue weighted by atomic mass is 9.77. The van der Waals surface area contributed by atoms with Crippen molar-refractivity contribution in [2.24, 2.45) is 5.16 Å². The van der Waals surface area contributed by atoms with Crippen LogP contribution in [0.3, 0.4) is 0 Å². The zero-order chi connectivity index (χ0) is 38.6. The molecule has 0 aliphatic carbocycles. The molecule has 56 heavy (non-hydrogen) atoms. The molecule has 2 saturated heterocycles. The number of nitrogens with zero attached hydrogens (tertiary/aromatic N) is 4. The predicted octanol–water partition coefficient (Wildman–Crippen LogP) is 3.88. The number of thioether (sulfide) groups is 1. The van der Waals surface area contributed by atoms with Crippen LogP contribution in [0.15, 0.2) is 143 Å². The molecule has 3 aliphatic rings. The van der Waals surface area contributed by atoms with Crippen LogP contribution in [-0.4, -0.2) is 74.2 Å². The fourth-order valence-electron chi connectivity index (χ4n) is 7.15. The van der Waals surface area contributed by atoms with Gasteiger partial charge in [0.15, 0.2) is 29.8 Å². The second-order valence-electron chi connectivity index (χ2n) is 13.3. The van der Waals surface area contributed by atoms with Gasteiger partial charge in [0.1, 0.15) is 28.3 Å². The normalized spacial score (nSPS) is 19.5. The van der Waals surface area contributed by atoms with Gasteiger partial charge in [-0.15, -0.1) is 23.1 Å². The first-order valence-corrected chi connectivity index (χ1v) is 19.8. The number of anilines is 1. The number of amides is 3. The minimum Gasteiger partial charge on any atom is -0.477 e. The number of hydrogen-bond donors (Lipinski definition) is 4. The van der Waals surface area contributed by atoms with E-state index in [2.05, 4.69) is 21.1 Å². The number of oxime groups is 1. The fraction of sp³-hybridized carbons (Fsp3) is 0.195. The minimum atomic E-state index is -1.22. The van der Waals surface area contributed by atoms with Crippen molar-refractivity contribution < 1.29 is 33.7 Å². The number of pyridine rings is 1. The maximum atomic E-state index is 14.1. The van der Waals surface area contributed by atoms with E-state index in [1.807, 2.05) is 126 Å². The molecule has 5 heterocycles. The Morgan fingerprint density at radius 2 is 1.54 bits per heavy atom. The molecule has 0 saturated carbocycles. The third-order valence-corrected chi connectivity index (χ3v) is 11.9. The molecule has 1 unspecified atom stereocenters. The molecule has 0 bridgehead atoms. The summed E-state index contributed by atoms with van der Waals surface area (Å²) in [6.45, 7) is 0.702. The van der Waals surface area contributed by atoms with Crippen LogP contribution in [0.5, 0.6) is 0 Å². The van der Waals surface area contributed by atoms with Gasteiger partial charge in [0.05, 0.1) is 0 Å². The van der Waals surface area contributed by atoms with Crippen molar-refractivity contribution in [3.8, 4) is 0 Å². The standard InChI is InChI=1S/C41H35N7O6S2/c49-35-31(19-20-42-35)54-46-32(36(50)44-33-37(51)48-34(39(52)53)26(24-55-38(33)48)23-47-21-11-4-12-22-47)30-25-56-40(43-30)45-41(27-13-5-1-6-14-27,28-15-7-2-8-16-28)29-17-9-3-10-18-29/h1-18,21-22,25,31,33,38H,19-20,23-24H2,(H3-,42,43,44,45,49,50,52,53)/p+1/t31?,33-,38+/m1/s1. The molecule has 2 fully saturated rings. The van der Waals surface area contributed by atoms with Crippen molar-refractivity contribution in [2.45, 2.75) is 36.0 Å². The highest BCUT2D eigenvalue weighted by Gasteiger charge is 2.55. The maximum Gasteiger partial charge on any atom is 0.352 e. The Bertz CT molecular complexity index is 2230. The van der Waals surface area contributed by atoms with E-state index in [1.165, 1.54) is 28.0 Å². The lowest BCUT2D eigenvalue weighted by Gasteiger charge is -2.49. The Morgan fingerprint density at radius 3 is 2.11 bits per heavy atom. The Kier molecular flexibility index (Phi) is 10.3. The molecule has 3 amide bonds. The van der Waals surface area contributed by atoms with Crippen molar-refractivity contribution in [1.82, 2.24) is 20.5 Å². The third-order valence-electron chi connectivity index (χ3n) is 9.83. The zero-order valence-electron chi connectivity index (χ0n) is 29.8. The number of fused-ring (bicyclic) bond motifs is 1. The van der Waals surface area contributed by atoms with Gasteiger partial charge in [0, 0.05) is 41.8 Å². The second kappa shape index (κ2) is 15.8. The van der Waals surface area contributed by atoms with Gasteiger partial charge >= 0.3 is 5.97 Å². The fourth-order valence-corrected chi connectivity index (χ4v) is 9.23. The second-order valence-corrected chi connectivity index (χ2v) is 15.3. The molecular formula is C41H36N7O6S2+. The van der Waals surface area contributed by atoms with E-state index in [9.17, 15) is 24.3 Å². The summed E-state index contributed by atoms with van der Waals surface area (Å²) in [5, 5.41) is 25.0. The average molecular weight is 787 g/mol. The summed E-state index contributed by atoms with van der Waals surface area (Å²) in [5.41, 5.74) is 2.38. The summed E-state index contributed by atoms with van der Waals surface area (Å²) in [6, 6.07) is 34.5. The molecule has 282 valence electrons. The first kappa shape index (κ1) is 36.6. The summed E-state index contributed by atoms with van der Waals surface area (Å²) in [5.74, 6) is -2.54. The largest absolute Gasteiger partial charge is 0.477 e. The van der Waals surface area contributed by atoms with Gasteiger partial charge in [-0.3, -0.25) is 19.3 Å². The van der Waals surface area contributed by atoms with Crippen LogP contribution in [0.25, 0.3) is 0 Å². The predicted molar refractivity (Wildman–Crippen MR) is 210 cm³/mol. The first-order chi connectivity index (χ1) is 27.3. The molecule has 0 radical (unpaired) electrons. The number of carbonyl (C=O) groups is 4. The molecule has 5 aromatic rings. The summed E-state index contributed by atoms with van der Waals surface area (Å²) in [6.07, 6.45) is 3.10. The smallest absolute Gasteiger partial charge is 0.352 e. The number of hydrogen-bond acceptors (Lipinski definition) is 10. The molecule has 2 aromatic heterocycles. The minimum absolute atomic E-state index is 0.0842. The van der Waals surface area contributed by atoms with Crippen LogP contribution in [0, 0.1) is 0 Å². The SMILES string of the molecule is O=C(O)C1=C(C[n+]2ccccc2)CS[C@H]2[C@H](NC(=O)C(=NOC3CCNC3=O)c3csc(NC(c4ccccc4)(c4ccccc4)c4ccccc4)n3)C(=O)N12. The van der Waals surface area contributed by atoms with Gasteiger partial charge in [0.2, 0.25) is 6.10 Å². The van der Waals surface area contributed by atoms with E-state index < -0.39 is 40.8 Å². The van der Waals surface area contributed by atoms with Crippen LogP contribution in [-0.2, 0) is 36.1 Å². The number of aromatic nitrogens is 2. The molecule has 4 N–H and O–H groups in total.